The summed E-state index contributed by atoms with van der Waals surface area (Å²) in [5.74, 6) is 0.139. The van der Waals surface area contributed by atoms with Crippen LogP contribution in [0.4, 0.5) is 5.69 Å². The zero-order chi connectivity index (χ0) is 16.8. The third-order valence-corrected chi connectivity index (χ3v) is 4.70. The minimum Gasteiger partial charge on any atom is -0.341 e. The fourth-order valence-electron chi connectivity index (χ4n) is 3.36. The molecule has 0 saturated heterocycles. The van der Waals surface area contributed by atoms with Gasteiger partial charge in [-0.3, -0.25) is 4.79 Å². The van der Waals surface area contributed by atoms with Gasteiger partial charge >= 0.3 is 0 Å². The zero-order valence-electron chi connectivity index (χ0n) is 14.1. The molecule has 1 fully saturated rings. The molecule has 1 amide bonds. The van der Waals surface area contributed by atoms with Crippen LogP contribution in [-0.4, -0.2) is 48.9 Å². The van der Waals surface area contributed by atoms with E-state index in [-0.39, 0.29) is 11.9 Å². The maximum Gasteiger partial charge on any atom is 0.227 e. The highest BCUT2D eigenvalue weighted by Crippen LogP contribution is 2.26. The number of carbonyl (C=O) groups excluding carboxylic acids is 1. The molecule has 1 aliphatic carbocycles. The van der Waals surface area contributed by atoms with Crippen LogP contribution in [-0.2, 0) is 11.2 Å². The first kappa shape index (κ1) is 17.3. The smallest absolute Gasteiger partial charge is 0.227 e. The lowest BCUT2D eigenvalue weighted by Gasteiger charge is -2.41. The lowest BCUT2D eigenvalue weighted by molar-refractivity contribution is -0.133. The van der Waals surface area contributed by atoms with Gasteiger partial charge < -0.3 is 9.80 Å². The zero-order valence-corrected chi connectivity index (χ0v) is 14.1. The van der Waals surface area contributed by atoms with Crippen molar-refractivity contribution in [3.63, 3.8) is 0 Å². The summed E-state index contributed by atoms with van der Waals surface area (Å²) in [5, 5.41) is 3.54. The Bertz CT molecular complexity index is 577. The predicted molar refractivity (Wildman–Crippen MR) is 91.5 cm³/mol. The first-order valence-electron chi connectivity index (χ1n) is 8.09. The van der Waals surface area contributed by atoms with Gasteiger partial charge in [-0.2, -0.15) is 0 Å². The molecule has 2 rings (SSSR count). The maximum atomic E-state index is 12.6. The molecule has 1 aliphatic rings. The summed E-state index contributed by atoms with van der Waals surface area (Å²) in [4.78, 5) is 19.5. The van der Waals surface area contributed by atoms with Crippen molar-refractivity contribution < 1.29 is 4.79 Å². The largest absolute Gasteiger partial charge is 0.341 e. The third kappa shape index (κ3) is 4.47. The molecule has 0 spiro atoms. The quantitative estimate of drug-likeness (QED) is 0.474. The van der Waals surface area contributed by atoms with E-state index >= 15 is 0 Å². The highest BCUT2D eigenvalue weighted by Gasteiger charge is 2.31. The number of hydrogen-bond acceptors (Lipinski definition) is 3. The van der Waals surface area contributed by atoms with Crippen LogP contribution in [0.3, 0.4) is 0 Å². The van der Waals surface area contributed by atoms with Crippen LogP contribution in [0.5, 0.6) is 0 Å². The summed E-state index contributed by atoms with van der Waals surface area (Å²) in [5.41, 5.74) is 9.92. The van der Waals surface area contributed by atoms with E-state index in [1.165, 1.54) is 12.8 Å². The highest BCUT2D eigenvalue weighted by atomic mass is 16.2. The van der Waals surface area contributed by atoms with Crippen molar-refractivity contribution in [1.82, 2.24) is 9.80 Å². The molecule has 0 aromatic heterocycles. The normalized spacial score (nSPS) is 20.9. The molecular weight excluding hydrogens is 290 g/mol. The van der Waals surface area contributed by atoms with Gasteiger partial charge in [0.25, 0.3) is 0 Å². The average molecular weight is 315 g/mol. The fourth-order valence-corrected chi connectivity index (χ4v) is 3.36. The van der Waals surface area contributed by atoms with Gasteiger partial charge in [0.1, 0.15) is 0 Å². The standard InChI is InChI=1S/C17H25N5O/c1-21(2)15-6-4-5-7-16(15)22(3)17(23)12-13-8-10-14(11-9-13)19-20-18/h8-11,15-16H,4-7,12H2,1-3H3. The van der Waals surface area contributed by atoms with Crippen LogP contribution < -0.4 is 0 Å². The lowest BCUT2D eigenvalue weighted by Crippen LogP contribution is -2.52. The number of azide groups is 1. The Labute approximate surface area is 137 Å². The van der Waals surface area contributed by atoms with Crippen LogP contribution in [0.25, 0.3) is 10.4 Å². The van der Waals surface area contributed by atoms with Gasteiger partial charge in [0.15, 0.2) is 0 Å². The van der Waals surface area contributed by atoms with E-state index in [1.54, 1.807) is 12.1 Å². The number of carbonyl (C=O) groups is 1. The molecule has 0 radical (unpaired) electrons. The van der Waals surface area contributed by atoms with Crippen molar-refractivity contribution in [3.05, 3.63) is 40.3 Å². The van der Waals surface area contributed by atoms with Gasteiger partial charge in [-0.25, -0.2) is 0 Å². The summed E-state index contributed by atoms with van der Waals surface area (Å²) < 4.78 is 0. The molecule has 0 heterocycles. The number of amides is 1. The van der Waals surface area contributed by atoms with E-state index in [4.69, 9.17) is 5.53 Å². The van der Waals surface area contributed by atoms with E-state index in [0.29, 0.717) is 18.2 Å². The SMILES string of the molecule is CN(C)C1CCCCC1N(C)C(=O)Cc1ccc(N=[N+]=[N-])cc1. The Morgan fingerprint density at radius 1 is 1.17 bits per heavy atom. The van der Waals surface area contributed by atoms with E-state index in [1.807, 2.05) is 24.1 Å². The number of likely N-dealkylation sites (N-methyl/N-ethyl adjacent to an activating group) is 2. The number of hydrogen-bond donors (Lipinski definition) is 0. The second-order valence-corrected chi connectivity index (χ2v) is 6.42. The molecule has 0 bridgehead atoms. The summed E-state index contributed by atoms with van der Waals surface area (Å²) in [6.07, 6.45) is 5.02. The van der Waals surface area contributed by atoms with Gasteiger partial charge in [0.05, 0.1) is 6.42 Å². The Morgan fingerprint density at radius 3 is 2.35 bits per heavy atom. The molecule has 1 aromatic rings. The van der Waals surface area contributed by atoms with E-state index in [2.05, 4.69) is 29.0 Å². The molecule has 6 heteroatoms. The molecular formula is C17H25N5O. The molecule has 1 saturated carbocycles. The molecule has 2 unspecified atom stereocenters. The van der Waals surface area contributed by atoms with Gasteiger partial charge in [-0.1, -0.05) is 42.2 Å². The molecule has 0 aliphatic heterocycles. The van der Waals surface area contributed by atoms with Gasteiger partial charge in [0, 0.05) is 29.7 Å². The Hall–Kier alpha value is -2.04. The Morgan fingerprint density at radius 2 is 1.78 bits per heavy atom. The number of benzene rings is 1. The minimum absolute atomic E-state index is 0.139. The topological polar surface area (TPSA) is 72.3 Å². The van der Waals surface area contributed by atoms with E-state index < -0.39 is 0 Å². The van der Waals surface area contributed by atoms with Crippen molar-refractivity contribution in [1.29, 1.82) is 0 Å². The second-order valence-electron chi connectivity index (χ2n) is 6.42. The van der Waals surface area contributed by atoms with Crippen LogP contribution in [0.15, 0.2) is 29.4 Å². The van der Waals surface area contributed by atoms with Crippen molar-refractivity contribution >= 4 is 11.6 Å². The summed E-state index contributed by atoms with van der Waals surface area (Å²) in [7, 11) is 6.11. The van der Waals surface area contributed by atoms with Crippen LogP contribution in [0, 0.1) is 0 Å². The van der Waals surface area contributed by atoms with Crippen LogP contribution in [0.1, 0.15) is 31.2 Å². The summed E-state index contributed by atoms with van der Waals surface area (Å²) >= 11 is 0. The Balaban J connectivity index is 2.02. The van der Waals surface area contributed by atoms with Gasteiger partial charge in [0.2, 0.25) is 5.91 Å². The minimum atomic E-state index is 0.139. The second kappa shape index (κ2) is 7.99. The monoisotopic (exact) mass is 315 g/mol. The number of nitrogens with zero attached hydrogens (tertiary/aromatic N) is 5. The lowest BCUT2D eigenvalue weighted by atomic mass is 9.88. The third-order valence-electron chi connectivity index (χ3n) is 4.70. The molecule has 0 N–H and O–H groups in total. The predicted octanol–water partition coefficient (Wildman–Crippen LogP) is 3.50. The summed E-state index contributed by atoms with van der Waals surface area (Å²) in [6.45, 7) is 0. The number of rotatable bonds is 5. The van der Waals surface area contributed by atoms with Crippen LogP contribution >= 0.6 is 0 Å². The van der Waals surface area contributed by atoms with Crippen molar-refractivity contribution in [2.75, 3.05) is 21.1 Å². The average Bonchev–Trinajstić information content (AvgIpc) is 2.56. The molecule has 23 heavy (non-hydrogen) atoms. The van der Waals surface area contributed by atoms with E-state index in [0.717, 1.165) is 18.4 Å². The Kier molecular flexibility index (Phi) is 6.02. The fraction of sp³-hybridized carbons (Fsp3) is 0.588. The van der Waals surface area contributed by atoms with Crippen molar-refractivity contribution in [3.8, 4) is 0 Å². The van der Waals surface area contributed by atoms with Gasteiger partial charge in [-0.15, -0.1) is 0 Å². The molecule has 2 atom stereocenters. The van der Waals surface area contributed by atoms with Gasteiger partial charge in [-0.05, 0) is 38.0 Å². The van der Waals surface area contributed by atoms with E-state index in [9.17, 15) is 4.79 Å². The first-order chi connectivity index (χ1) is 11.0. The summed E-state index contributed by atoms with van der Waals surface area (Å²) in [6, 6.07) is 7.90. The first-order valence-corrected chi connectivity index (χ1v) is 8.09. The van der Waals surface area contributed by atoms with Crippen molar-refractivity contribution in [2.24, 2.45) is 5.11 Å². The molecule has 1 aromatic carbocycles. The van der Waals surface area contributed by atoms with Crippen LogP contribution in [0.2, 0.25) is 0 Å². The molecule has 6 nitrogen and oxygen atoms in total. The van der Waals surface area contributed by atoms with Crippen molar-refractivity contribution in [2.45, 2.75) is 44.2 Å². The highest BCUT2D eigenvalue weighted by molar-refractivity contribution is 5.79. The maximum absolute atomic E-state index is 12.6. The molecule has 124 valence electrons.